The summed E-state index contributed by atoms with van der Waals surface area (Å²) in [5.41, 5.74) is 1.93. The highest BCUT2D eigenvalue weighted by molar-refractivity contribution is 5.75. The highest BCUT2D eigenvalue weighted by Gasteiger charge is 2.13. The summed E-state index contributed by atoms with van der Waals surface area (Å²) in [5, 5.41) is 8.98. The second-order valence-corrected chi connectivity index (χ2v) is 5.73. The van der Waals surface area contributed by atoms with Crippen LogP contribution >= 0.6 is 0 Å². The third kappa shape index (κ3) is 6.30. The molecule has 0 amide bonds. The summed E-state index contributed by atoms with van der Waals surface area (Å²) in [6, 6.07) is 7.68. The first kappa shape index (κ1) is 17.7. The van der Waals surface area contributed by atoms with Gasteiger partial charge in [0, 0.05) is 6.61 Å². The monoisotopic (exact) mass is 292 g/mol. The molecule has 0 bridgehead atoms. The van der Waals surface area contributed by atoms with E-state index in [1.807, 2.05) is 24.3 Å². The van der Waals surface area contributed by atoms with Gasteiger partial charge in [0.25, 0.3) is 0 Å². The Labute approximate surface area is 128 Å². The number of hydrogen-bond donors (Lipinski definition) is 1. The molecule has 0 aliphatic rings. The van der Waals surface area contributed by atoms with Gasteiger partial charge in [-0.1, -0.05) is 57.4 Å². The molecular formula is C18H28O3. The number of rotatable bonds is 10. The Kier molecular flexibility index (Phi) is 8.06. The molecule has 0 aliphatic carbocycles. The fourth-order valence-electron chi connectivity index (χ4n) is 2.29. The van der Waals surface area contributed by atoms with Crippen molar-refractivity contribution in [2.75, 3.05) is 6.61 Å². The van der Waals surface area contributed by atoms with E-state index in [1.165, 1.54) is 19.3 Å². The smallest absolute Gasteiger partial charge is 0.310 e. The lowest BCUT2D eigenvalue weighted by atomic mass is 10.00. The second-order valence-electron chi connectivity index (χ2n) is 5.73. The van der Waals surface area contributed by atoms with Crippen molar-refractivity contribution in [1.29, 1.82) is 0 Å². The molecule has 2 atom stereocenters. The number of ether oxygens (including phenoxy) is 1. The van der Waals surface area contributed by atoms with Crippen LogP contribution in [-0.2, 0) is 16.1 Å². The van der Waals surface area contributed by atoms with Crippen LogP contribution in [0.2, 0.25) is 0 Å². The van der Waals surface area contributed by atoms with Crippen LogP contribution in [0.15, 0.2) is 24.3 Å². The normalized spacial score (nSPS) is 13.9. The summed E-state index contributed by atoms with van der Waals surface area (Å²) < 4.78 is 5.80. The van der Waals surface area contributed by atoms with E-state index in [0.29, 0.717) is 12.5 Å². The van der Waals surface area contributed by atoms with E-state index in [2.05, 4.69) is 13.8 Å². The maximum Gasteiger partial charge on any atom is 0.310 e. The highest BCUT2D eigenvalue weighted by Crippen LogP contribution is 2.17. The highest BCUT2D eigenvalue weighted by atomic mass is 16.5. The Morgan fingerprint density at radius 2 is 1.90 bits per heavy atom. The Morgan fingerprint density at radius 1 is 1.24 bits per heavy atom. The van der Waals surface area contributed by atoms with Crippen LogP contribution in [0, 0.1) is 5.92 Å². The number of carboxylic acids is 1. The zero-order valence-electron chi connectivity index (χ0n) is 13.5. The predicted molar refractivity (Wildman–Crippen MR) is 85.5 cm³/mol. The molecular weight excluding hydrogens is 264 g/mol. The van der Waals surface area contributed by atoms with Gasteiger partial charge in [0.15, 0.2) is 0 Å². The van der Waals surface area contributed by atoms with Gasteiger partial charge in [-0.05, 0) is 30.4 Å². The molecule has 21 heavy (non-hydrogen) atoms. The zero-order chi connectivity index (χ0) is 15.7. The van der Waals surface area contributed by atoms with Crippen molar-refractivity contribution in [2.24, 2.45) is 5.92 Å². The number of carboxylic acid groups (broad SMARTS) is 1. The Hall–Kier alpha value is -1.35. The fourth-order valence-corrected chi connectivity index (χ4v) is 2.29. The van der Waals surface area contributed by atoms with E-state index in [-0.39, 0.29) is 0 Å². The predicted octanol–water partition coefficient (Wildman–Crippen LogP) is 4.61. The maximum absolute atomic E-state index is 10.9. The van der Waals surface area contributed by atoms with Crippen LogP contribution < -0.4 is 0 Å². The fraction of sp³-hybridized carbons (Fsp3) is 0.611. The molecule has 0 fully saturated rings. The molecule has 0 aromatic heterocycles. The summed E-state index contributed by atoms with van der Waals surface area (Å²) >= 11 is 0. The maximum atomic E-state index is 10.9. The molecule has 1 N–H and O–H groups in total. The first-order valence-corrected chi connectivity index (χ1v) is 7.97. The summed E-state index contributed by atoms with van der Waals surface area (Å²) in [6.45, 7) is 7.54. The van der Waals surface area contributed by atoms with Crippen molar-refractivity contribution in [3.05, 3.63) is 35.4 Å². The number of unbranched alkanes of at least 4 members (excludes halogenated alkanes) is 1. The van der Waals surface area contributed by atoms with Crippen molar-refractivity contribution >= 4 is 5.97 Å². The molecule has 3 nitrogen and oxygen atoms in total. The van der Waals surface area contributed by atoms with Crippen molar-refractivity contribution in [3.8, 4) is 0 Å². The van der Waals surface area contributed by atoms with E-state index in [1.54, 1.807) is 6.92 Å². The number of carbonyl (C=O) groups is 1. The van der Waals surface area contributed by atoms with Crippen molar-refractivity contribution < 1.29 is 14.6 Å². The average molecular weight is 292 g/mol. The zero-order valence-corrected chi connectivity index (χ0v) is 13.5. The van der Waals surface area contributed by atoms with Gasteiger partial charge in [0.05, 0.1) is 12.5 Å². The second kappa shape index (κ2) is 9.56. The van der Waals surface area contributed by atoms with E-state index in [0.717, 1.165) is 24.2 Å². The molecule has 0 aliphatic heterocycles. The Morgan fingerprint density at radius 3 is 2.43 bits per heavy atom. The molecule has 1 aromatic carbocycles. The van der Waals surface area contributed by atoms with E-state index >= 15 is 0 Å². The largest absolute Gasteiger partial charge is 0.481 e. The van der Waals surface area contributed by atoms with Gasteiger partial charge in [-0.15, -0.1) is 0 Å². The van der Waals surface area contributed by atoms with Crippen LogP contribution in [0.3, 0.4) is 0 Å². The molecule has 0 saturated heterocycles. The lowest BCUT2D eigenvalue weighted by molar-refractivity contribution is -0.138. The molecule has 1 aromatic rings. The molecule has 3 heteroatoms. The number of aliphatic carboxylic acids is 1. The molecule has 1 rings (SSSR count). The van der Waals surface area contributed by atoms with Crippen LogP contribution in [0.4, 0.5) is 0 Å². The average Bonchev–Trinajstić information content (AvgIpc) is 2.50. The van der Waals surface area contributed by atoms with Gasteiger partial charge in [-0.3, -0.25) is 4.79 Å². The van der Waals surface area contributed by atoms with Crippen LogP contribution in [-0.4, -0.2) is 17.7 Å². The molecule has 118 valence electrons. The minimum absolute atomic E-state index is 0.460. The number of hydrogen-bond acceptors (Lipinski definition) is 2. The van der Waals surface area contributed by atoms with Crippen LogP contribution in [0.1, 0.15) is 63.5 Å². The number of benzene rings is 1. The molecule has 0 radical (unpaired) electrons. The van der Waals surface area contributed by atoms with Crippen LogP contribution in [0.25, 0.3) is 0 Å². The Balaban J connectivity index is 2.40. The first-order chi connectivity index (χ1) is 10.1. The SMILES string of the molecule is CCCCC(CC)COCc1ccc(C(C)C(=O)O)cc1. The summed E-state index contributed by atoms with van der Waals surface area (Å²) in [4.78, 5) is 10.9. The lowest BCUT2D eigenvalue weighted by Crippen LogP contribution is -2.09. The molecule has 0 heterocycles. The summed E-state index contributed by atoms with van der Waals surface area (Å²) in [7, 11) is 0. The van der Waals surface area contributed by atoms with Gasteiger partial charge in [-0.2, -0.15) is 0 Å². The third-order valence-corrected chi connectivity index (χ3v) is 4.02. The minimum Gasteiger partial charge on any atom is -0.481 e. The first-order valence-electron chi connectivity index (χ1n) is 7.97. The topological polar surface area (TPSA) is 46.5 Å². The van der Waals surface area contributed by atoms with E-state index < -0.39 is 11.9 Å². The van der Waals surface area contributed by atoms with Gasteiger partial charge < -0.3 is 9.84 Å². The van der Waals surface area contributed by atoms with E-state index in [4.69, 9.17) is 9.84 Å². The van der Waals surface area contributed by atoms with Gasteiger partial charge in [0.2, 0.25) is 0 Å². The van der Waals surface area contributed by atoms with Crippen molar-refractivity contribution in [1.82, 2.24) is 0 Å². The summed E-state index contributed by atoms with van der Waals surface area (Å²) in [6.07, 6.45) is 4.90. The molecule has 0 saturated carbocycles. The van der Waals surface area contributed by atoms with Crippen LogP contribution in [0.5, 0.6) is 0 Å². The Bertz CT molecular complexity index is 411. The van der Waals surface area contributed by atoms with Crippen molar-refractivity contribution in [3.63, 3.8) is 0 Å². The quantitative estimate of drug-likeness (QED) is 0.685. The third-order valence-electron chi connectivity index (χ3n) is 4.02. The lowest BCUT2D eigenvalue weighted by Gasteiger charge is -2.15. The van der Waals surface area contributed by atoms with Gasteiger partial charge in [-0.25, -0.2) is 0 Å². The molecule has 0 spiro atoms. The van der Waals surface area contributed by atoms with Gasteiger partial charge >= 0.3 is 5.97 Å². The van der Waals surface area contributed by atoms with Crippen molar-refractivity contribution in [2.45, 2.75) is 59.0 Å². The minimum atomic E-state index is -0.791. The molecule has 2 unspecified atom stereocenters. The standard InChI is InChI=1S/C18H28O3/c1-4-6-7-15(5-2)12-21-13-16-8-10-17(11-9-16)14(3)18(19)20/h8-11,14-15H,4-7,12-13H2,1-3H3,(H,19,20). The summed E-state index contributed by atoms with van der Waals surface area (Å²) in [5.74, 6) is -0.601. The van der Waals surface area contributed by atoms with E-state index in [9.17, 15) is 4.79 Å². The van der Waals surface area contributed by atoms with Gasteiger partial charge in [0.1, 0.15) is 0 Å².